The molecule has 0 bridgehead atoms. The van der Waals surface area contributed by atoms with Crippen LogP contribution in [0.5, 0.6) is 0 Å². The lowest BCUT2D eigenvalue weighted by molar-refractivity contribution is -0.179. The van der Waals surface area contributed by atoms with Gasteiger partial charge in [0, 0.05) is 6.42 Å². The molecule has 0 aliphatic carbocycles. The van der Waals surface area contributed by atoms with Crippen LogP contribution in [-0.2, 0) is 19.1 Å². The summed E-state index contributed by atoms with van der Waals surface area (Å²) in [5.74, 6) is -1.97. The van der Waals surface area contributed by atoms with E-state index in [4.69, 9.17) is 19.7 Å². The molecule has 1 rings (SSSR count). The number of hydrogen-bond acceptors (Lipinski definition) is 4. The molecule has 6 nitrogen and oxygen atoms in total. The molecule has 0 radical (unpaired) electrons. The Morgan fingerprint density at radius 3 is 2.40 bits per heavy atom. The summed E-state index contributed by atoms with van der Waals surface area (Å²) in [5, 5.41) is 17.3. The number of ether oxygens (including phenoxy) is 2. The molecule has 1 unspecified atom stereocenters. The molecule has 0 aromatic carbocycles. The van der Waals surface area contributed by atoms with Crippen LogP contribution in [0.1, 0.15) is 19.3 Å². The summed E-state index contributed by atoms with van der Waals surface area (Å²) in [6, 6.07) is 0. The second kappa shape index (κ2) is 5.09. The third kappa shape index (κ3) is 3.85. The largest absolute Gasteiger partial charge is 0.481 e. The van der Waals surface area contributed by atoms with Crippen molar-refractivity contribution in [2.45, 2.75) is 24.9 Å². The van der Waals surface area contributed by atoms with E-state index < -0.39 is 17.5 Å². The minimum Gasteiger partial charge on any atom is -0.481 e. The van der Waals surface area contributed by atoms with E-state index in [1.807, 2.05) is 0 Å². The quantitative estimate of drug-likeness (QED) is 0.680. The lowest BCUT2D eigenvalue weighted by Gasteiger charge is -2.35. The monoisotopic (exact) mass is 218 g/mol. The fourth-order valence-corrected chi connectivity index (χ4v) is 1.56. The molecular weight excluding hydrogens is 204 g/mol. The van der Waals surface area contributed by atoms with Gasteiger partial charge in [-0.2, -0.15) is 0 Å². The third-order valence-corrected chi connectivity index (χ3v) is 2.27. The first kappa shape index (κ1) is 11.9. The van der Waals surface area contributed by atoms with E-state index in [2.05, 4.69) is 0 Å². The summed E-state index contributed by atoms with van der Waals surface area (Å²) in [6.45, 7) is 0.883. The second-order valence-corrected chi connectivity index (χ2v) is 3.55. The minimum absolute atomic E-state index is 0.114. The van der Waals surface area contributed by atoms with Crippen molar-refractivity contribution in [2.24, 2.45) is 0 Å². The number of carboxylic acid groups (broad SMARTS) is 2. The Morgan fingerprint density at radius 1 is 1.20 bits per heavy atom. The van der Waals surface area contributed by atoms with E-state index in [0.717, 1.165) is 0 Å². The van der Waals surface area contributed by atoms with Crippen LogP contribution in [0.4, 0.5) is 0 Å². The van der Waals surface area contributed by atoms with E-state index in [0.29, 0.717) is 13.2 Å². The summed E-state index contributed by atoms with van der Waals surface area (Å²) < 4.78 is 10.5. The molecular formula is C9H14O6. The van der Waals surface area contributed by atoms with Gasteiger partial charge >= 0.3 is 11.9 Å². The van der Waals surface area contributed by atoms with Crippen LogP contribution in [0.3, 0.4) is 0 Å². The molecule has 1 saturated heterocycles. The lowest BCUT2D eigenvalue weighted by Crippen LogP contribution is -2.45. The first-order chi connectivity index (χ1) is 7.04. The fourth-order valence-electron chi connectivity index (χ4n) is 1.56. The number of hydrogen-bond donors (Lipinski definition) is 2. The first-order valence-electron chi connectivity index (χ1n) is 4.69. The van der Waals surface area contributed by atoms with Gasteiger partial charge in [-0.3, -0.25) is 9.59 Å². The zero-order valence-electron chi connectivity index (χ0n) is 8.27. The van der Waals surface area contributed by atoms with Crippen LogP contribution in [0, 0.1) is 0 Å². The molecule has 0 amide bonds. The van der Waals surface area contributed by atoms with Crippen LogP contribution in [0.2, 0.25) is 0 Å². The highest BCUT2D eigenvalue weighted by Gasteiger charge is 2.36. The smallest absolute Gasteiger partial charge is 0.306 e. The summed E-state index contributed by atoms with van der Waals surface area (Å²) >= 11 is 0. The van der Waals surface area contributed by atoms with Gasteiger partial charge in [-0.05, 0) is 6.42 Å². The van der Waals surface area contributed by atoms with Crippen molar-refractivity contribution in [3.05, 3.63) is 0 Å². The maximum absolute atomic E-state index is 10.6. The summed E-state index contributed by atoms with van der Waals surface area (Å²) in [7, 11) is 0. The molecule has 1 aliphatic rings. The molecule has 0 aromatic rings. The third-order valence-electron chi connectivity index (χ3n) is 2.27. The minimum atomic E-state index is -1.01. The average Bonchev–Trinajstić information content (AvgIpc) is 2.15. The van der Waals surface area contributed by atoms with Crippen LogP contribution in [-0.4, -0.2) is 47.6 Å². The van der Waals surface area contributed by atoms with Gasteiger partial charge in [0.05, 0.1) is 26.2 Å². The van der Waals surface area contributed by atoms with Gasteiger partial charge in [0.2, 0.25) is 0 Å². The van der Waals surface area contributed by atoms with E-state index in [-0.39, 0.29) is 25.9 Å². The van der Waals surface area contributed by atoms with E-state index in [1.165, 1.54) is 0 Å². The highest BCUT2D eigenvalue weighted by Crippen LogP contribution is 2.26. The molecule has 6 heteroatoms. The lowest BCUT2D eigenvalue weighted by atomic mass is 9.93. The molecule has 1 aliphatic heterocycles. The molecule has 1 fully saturated rings. The highest BCUT2D eigenvalue weighted by molar-refractivity contribution is 5.69. The molecule has 0 spiro atoms. The number of carboxylic acids is 2. The number of carbonyl (C=O) groups is 2. The normalized spacial score (nSPS) is 26.1. The zero-order valence-corrected chi connectivity index (χ0v) is 8.27. The van der Waals surface area contributed by atoms with Crippen molar-refractivity contribution < 1.29 is 29.3 Å². The van der Waals surface area contributed by atoms with Crippen molar-refractivity contribution in [3.8, 4) is 0 Å². The van der Waals surface area contributed by atoms with E-state index in [9.17, 15) is 9.59 Å². The van der Waals surface area contributed by atoms with Gasteiger partial charge < -0.3 is 19.7 Å². The van der Waals surface area contributed by atoms with Gasteiger partial charge in [-0.15, -0.1) is 0 Å². The molecule has 2 N–H and O–H groups in total. The van der Waals surface area contributed by atoms with Crippen LogP contribution < -0.4 is 0 Å². The molecule has 1 atom stereocenters. The first-order valence-corrected chi connectivity index (χ1v) is 4.69. The Balaban J connectivity index is 2.57. The van der Waals surface area contributed by atoms with Crippen LogP contribution in [0.15, 0.2) is 0 Å². The molecule has 1 heterocycles. The van der Waals surface area contributed by atoms with E-state index >= 15 is 0 Å². The van der Waals surface area contributed by atoms with Gasteiger partial charge in [0.15, 0.2) is 0 Å². The standard InChI is InChI=1S/C9H14O6/c10-7(11)1-2-9(5-8(12)13)6-14-3-4-15-9/h1-6H2,(H,10,11)(H,12,13). The highest BCUT2D eigenvalue weighted by atomic mass is 16.6. The van der Waals surface area contributed by atoms with Gasteiger partial charge in [-0.25, -0.2) is 0 Å². The Hall–Kier alpha value is -1.14. The number of aliphatic carboxylic acids is 2. The summed E-state index contributed by atoms with van der Waals surface area (Å²) in [6.07, 6.45) is -0.175. The van der Waals surface area contributed by atoms with Crippen molar-refractivity contribution in [2.75, 3.05) is 19.8 Å². The maximum Gasteiger partial charge on any atom is 0.306 e. The average molecular weight is 218 g/mol. The Morgan fingerprint density at radius 2 is 1.93 bits per heavy atom. The van der Waals surface area contributed by atoms with Crippen molar-refractivity contribution in [3.63, 3.8) is 0 Å². The summed E-state index contributed by atoms with van der Waals surface area (Å²) in [4.78, 5) is 21.1. The Bertz CT molecular complexity index is 243. The van der Waals surface area contributed by atoms with Crippen LogP contribution >= 0.6 is 0 Å². The summed E-state index contributed by atoms with van der Waals surface area (Å²) in [5.41, 5.74) is -0.970. The van der Waals surface area contributed by atoms with Gasteiger partial charge in [0.1, 0.15) is 5.60 Å². The van der Waals surface area contributed by atoms with Crippen molar-refractivity contribution in [1.29, 1.82) is 0 Å². The fraction of sp³-hybridized carbons (Fsp3) is 0.778. The van der Waals surface area contributed by atoms with Crippen molar-refractivity contribution >= 4 is 11.9 Å². The van der Waals surface area contributed by atoms with Crippen LogP contribution in [0.25, 0.3) is 0 Å². The zero-order chi connectivity index (χ0) is 11.3. The molecule has 0 aromatic heterocycles. The molecule has 86 valence electrons. The number of rotatable bonds is 5. The Kier molecular flexibility index (Phi) is 4.05. The SMILES string of the molecule is O=C(O)CCC1(CC(=O)O)COCCO1. The predicted molar refractivity (Wildman–Crippen MR) is 48.6 cm³/mol. The van der Waals surface area contributed by atoms with Gasteiger partial charge in [-0.1, -0.05) is 0 Å². The topological polar surface area (TPSA) is 93.1 Å². The predicted octanol–water partition coefficient (Wildman–Crippen LogP) is 0.111. The van der Waals surface area contributed by atoms with Crippen molar-refractivity contribution in [1.82, 2.24) is 0 Å². The second-order valence-electron chi connectivity index (χ2n) is 3.55. The molecule has 0 saturated carbocycles. The van der Waals surface area contributed by atoms with Gasteiger partial charge in [0.25, 0.3) is 0 Å². The van der Waals surface area contributed by atoms with E-state index in [1.54, 1.807) is 0 Å². The molecule has 15 heavy (non-hydrogen) atoms. The maximum atomic E-state index is 10.6. The Labute approximate surface area is 86.8 Å².